The molecule has 5 rings (SSSR count). The van der Waals surface area contributed by atoms with Gasteiger partial charge in [-0.2, -0.15) is 0 Å². The maximum Gasteiger partial charge on any atom is 0.344 e. The zero-order valence-corrected chi connectivity index (χ0v) is 31.1. The number of methoxy groups -OCH3 is 2. The number of fused-ring (bicyclic) bond motifs is 1. The van der Waals surface area contributed by atoms with Crippen molar-refractivity contribution in [1.82, 2.24) is 4.57 Å². The van der Waals surface area contributed by atoms with E-state index < -0.39 is 11.9 Å². The number of carbonyl (C=O) groups is 2. The van der Waals surface area contributed by atoms with Crippen molar-refractivity contribution in [3.63, 3.8) is 0 Å². The van der Waals surface area contributed by atoms with Gasteiger partial charge >= 0.3 is 11.9 Å². The van der Waals surface area contributed by atoms with Gasteiger partial charge in [-0.15, -0.1) is 11.6 Å². The molecule has 1 aromatic heterocycles. The van der Waals surface area contributed by atoms with Crippen LogP contribution in [0, 0.1) is 20.8 Å². The number of ether oxygens (including phenoxy) is 6. The topological polar surface area (TPSA) is 94.5 Å². The summed E-state index contributed by atoms with van der Waals surface area (Å²) < 4.78 is 33.7. The van der Waals surface area contributed by atoms with Crippen LogP contribution in [-0.2, 0) is 31.5 Å². The van der Waals surface area contributed by atoms with Crippen molar-refractivity contribution in [3.05, 3.63) is 107 Å². The fourth-order valence-electron chi connectivity index (χ4n) is 5.59. The Balaban J connectivity index is 0.000000289. The second-order valence-corrected chi connectivity index (χ2v) is 12.0. The predicted molar refractivity (Wildman–Crippen MR) is 200 cm³/mol. The first-order valence-electron chi connectivity index (χ1n) is 16.7. The molecule has 0 radical (unpaired) electrons. The first-order chi connectivity index (χ1) is 24.6. The van der Waals surface area contributed by atoms with Crippen molar-refractivity contribution in [2.24, 2.45) is 0 Å². The van der Waals surface area contributed by atoms with Crippen molar-refractivity contribution >= 4 is 34.4 Å². The van der Waals surface area contributed by atoms with Crippen LogP contribution >= 0.6 is 11.6 Å². The Labute approximate surface area is 304 Å². The van der Waals surface area contributed by atoms with Gasteiger partial charge in [0.15, 0.2) is 36.2 Å². The lowest BCUT2D eigenvalue weighted by atomic mass is 10.0. The van der Waals surface area contributed by atoms with Crippen LogP contribution in [0.25, 0.3) is 22.2 Å². The van der Waals surface area contributed by atoms with E-state index in [2.05, 4.69) is 67.8 Å². The van der Waals surface area contributed by atoms with Crippen LogP contribution in [0.3, 0.4) is 0 Å². The van der Waals surface area contributed by atoms with Gasteiger partial charge in [-0.1, -0.05) is 53.6 Å². The summed E-state index contributed by atoms with van der Waals surface area (Å²) >= 11 is 5.71. The van der Waals surface area contributed by atoms with Gasteiger partial charge in [0.1, 0.15) is 0 Å². The zero-order valence-electron chi connectivity index (χ0n) is 30.3. The molecular weight excluding hydrogens is 670 g/mol. The molecule has 10 heteroatoms. The molecule has 0 N–H and O–H groups in total. The molecule has 5 aromatic rings. The number of hydrogen-bond donors (Lipinski definition) is 0. The molecule has 1 heterocycles. The average Bonchev–Trinajstić information content (AvgIpc) is 3.40. The van der Waals surface area contributed by atoms with Crippen LogP contribution < -0.4 is 18.9 Å². The molecule has 0 amide bonds. The minimum absolute atomic E-state index is 0.135. The Bertz CT molecular complexity index is 1930. The molecule has 9 nitrogen and oxygen atoms in total. The van der Waals surface area contributed by atoms with E-state index in [4.69, 9.17) is 40.0 Å². The minimum atomic E-state index is -0.407. The van der Waals surface area contributed by atoms with Gasteiger partial charge in [0.25, 0.3) is 0 Å². The Morgan fingerprint density at radius 2 is 1.18 bits per heavy atom. The first kappa shape index (κ1) is 38.6. The third-order valence-corrected chi connectivity index (χ3v) is 8.36. The lowest BCUT2D eigenvalue weighted by molar-refractivity contribution is -0.146. The highest BCUT2D eigenvalue weighted by Gasteiger charge is 2.18. The molecular formula is C41H46ClNO8. The SMILES string of the molecule is CCOC(=O)COc1ccc(CCl)cc1OC.CCOC(=O)COc1ccc(Cn2c(-c3ccc(C)cc3)c(C)c3cc(C)ccc32)cc1OC. The monoisotopic (exact) mass is 715 g/mol. The number of rotatable bonds is 14. The Kier molecular flexibility index (Phi) is 14.2. The summed E-state index contributed by atoms with van der Waals surface area (Å²) in [6.07, 6.45) is 0. The lowest BCUT2D eigenvalue weighted by Crippen LogP contribution is -2.15. The van der Waals surface area contributed by atoms with Crippen molar-refractivity contribution in [1.29, 1.82) is 0 Å². The summed E-state index contributed by atoms with van der Waals surface area (Å²) in [7, 11) is 3.14. The number of aryl methyl sites for hydroxylation is 3. The molecule has 0 aliphatic rings. The number of aromatic nitrogens is 1. The predicted octanol–water partition coefficient (Wildman–Crippen LogP) is 8.61. The maximum absolute atomic E-state index is 11.7. The second kappa shape index (κ2) is 18.7. The van der Waals surface area contributed by atoms with E-state index in [1.165, 1.54) is 46.0 Å². The maximum atomic E-state index is 11.7. The fourth-order valence-corrected chi connectivity index (χ4v) is 5.76. The standard InChI is InChI=1S/C29H31NO4.C12H15ClO4/c1-6-33-28(31)18-34-26-14-10-22(16-27(26)32-5)17-30-25-13-9-20(3)15-24(25)21(4)29(30)23-11-7-19(2)8-12-23;1-3-16-12(14)8-17-10-5-4-9(7-13)6-11(10)15-2/h7-16H,6,17-18H2,1-5H3;4-6H,3,7-8H2,1-2H3. The number of esters is 2. The van der Waals surface area contributed by atoms with E-state index in [0.717, 1.165) is 11.1 Å². The van der Waals surface area contributed by atoms with E-state index in [1.807, 2.05) is 24.3 Å². The van der Waals surface area contributed by atoms with Crippen LogP contribution in [0.2, 0.25) is 0 Å². The summed E-state index contributed by atoms with van der Waals surface area (Å²) in [6.45, 7) is 11.0. The van der Waals surface area contributed by atoms with Gasteiger partial charge in [0.05, 0.1) is 33.1 Å². The molecule has 51 heavy (non-hydrogen) atoms. The molecule has 0 aliphatic carbocycles. The van der Waals surface area contributed by atoms with E-state index in [1.54, 1.807) is 33.1 Å². The summed E-state index contributed by atoms with van der Waals surface area (Å²) in [5, 5.41) is 1.26. The van der Waals surface area contributed by atoms with Gasteiger partial charge in [-0.05, 0) is 93.3 Å². The molecule has 0 fully saturated rings. The van der Waals surface area contributed by atoms with E-state index in [0.29, 0.717) is 48.6 Å². The first-order valence-corrected chi connectivity index (χ1v) is 17.3. The molecule has 270 valence electrons. The van der Waals surface area contributed by atoms with Crippen LogP contribution in [0.5, 0.6) is 23.0 Å². The average molecular weight is 716 g/mol. The number of carbonyl (C=O) groups excluding carboxylic acids is 2. The number of benzene rings is 4. The highest BCUT2D eigenvalue weighted by Crippen LogP contribution is 2.36. The molecule has 4 aromatic carbocycles. The summed E-state index contributed by atoms with van der Waals surface area (Å²) in [6, 6.07) is 26.4. The highest BCUT2D eigenvalue weighted by molar-refractivity contribution is 6.17. The third-order valence-electron chi connectivity index (χ3n) is 8.05. The van der Waals surface area contributed by atoms with Gasteiger partial charge in [0, 0.05) is 23.3 Å². The Morgan fingerprint density at radius 1 is 0.647 bits per heavy atom. The molecule has 0 atom stereocenters. The van der Waals surface area contributed by atoms with Gasteiger partial charge in [-0.25, -0.2) is 9.59 Å². The van der Waals surface area contributed by atoms with E-state index in [-0.39, 0.29) is 13.2 Å². The van der Waals surface area contributed by atoms with Gasteiger partial charge < -0.3 is 33.0 Å². The van der Waals surface area contributed by atoms with E-state index in [9.17, 15) is 9.59 Å². The smallest absolute Gasteiger partial charge is 0.344 e. The van der Waals surface area contributed by atoms with Crippen molar-refractivity contribution in [2.75, 3.05) is 40.6 Å². The molecule has 0 aliphatic heterocycles. The number of alkyl halides is 1. The van der Waals surface area contributed by atoms with Gasteiger partial charge in [-0.3, -0.25) is 0 Å². The number of halogens is 1. The van der Waals surface area contributed by atoms with Crippen molar-refractivity contribution < 1.29 is 38.0 Å². The summed E-state index contributed by atoms with van der Waals surface area (Å²) in [5.41, 5.74) is 9.35. The number of nitrogens with zero attached hydrogens (tertiary/aromatic N) is 1. The quantitative estimate of drug-likeness (QED) is 0.0834. The third kappa shape index (κ3) is 10.2. The van der Waals surface area contributed by atoms with Gasteiger partial charge in [0.2, 0.25) is 0 Å². The number of hydrogen-bond acceptors (Lipinski definition) is 8. The highest BCUT2D eigenvalue weighted by atomic mass is 35.5. The summed E-state index contributed by atoms with van der Waals surface area (Å²) in [5.74, 6) is 1.73. The largest absolute Gasteiger partial charge is 0.493 e. The van der Waals surface area contributed by atoms with E-state index >= 15 is 0 Å². The second-order valence-electron chi connectivity index (χ2n) is 11.7. The fraction of sp³-hybridized carbons (Fsp3) is 0.317. The zero-order chi connectivity index (χ0) is 36.9. The van der Waals surface area contributed by atoms with Crippen molar-refractivity contribution in [2.45, 2.75) is 47.0 Å². The molecule has 0 saturated heterocycles. The van der Waals surface area contributed by atoms with Crippen LogP contribution in [0.15, 0.2) is 78.9 Å². The molecule has 0 bridgehead atoms. The molecule has 0 unspecified atom stereocenters. The molecule has 0 saturated carbocycles. The van der Waals surface area contributed by atoms with Crippen molar-refractivity contribution in [3.8, 4) is 34.3 Å². The normalized spacial score (nSPS) is 10.6. The molecule has 0 spiro atoms. The van der Waals surface area contributed by atoms with Crippen LogP contribution in [-0.4, -0.2) is 57.2 Å². The minimum Gasteiger partial charge on any atom is -0.493 e. The lowest BCUT2D eigenvalue weighted by Gasteiger charge is -2.15. The van der Waals surface area contributed by atoms with Crippen LogP contribution in [0.1, 0.15) is 41.7 Å². The summed E-state index contributed by atoms with van der Waals surface area (Å²) in [4.78, 5) is 22.8. The Morgan fingerprint density at radius 3 is 1.71 bits per heavy atom. The van der Waals surface area contributed by atoms with Crippen LogP contribution in [0.4, 0.5) is 0 Å². The Hall–Kier alpha value is -5.15.